The zero-order chi connectivity index (χ0) is 11.8. The Morgan fingerprint density at radius 2 is 2.12 bits per heavy atom. The Bertz CT molecular complexity index is 346. The second-order valence-electron chi connectivity index (χ2n) is 5.94. The topological polar surface area (TPSA) is 17.1 Å². The fourth-order valence-corrected chi connectivity index (χ4v) is 3.05. The van der Waals surface area contributed by atoms with Crippen LogP contribution in [0.25, 0.3) is 0 Å². The molecular weight excluding hydrogens is 196 g/mol. The molecule has 2 atom stereocenters. The summed E-state index contributed by atoms with van der Waals surface area (Å²) < 4.78 is 0. The van der Waals surface area contributed by atoms with Crippen molar-refractivity contribution >= 4 is 6.29 Å². The van der Waals surface area contributed by atoms with Crippen LogP contribution < -0.4 is 0 Å². The van der Waals surface area contributed by atoms with E-state index in [-0.39, 0.29) is 0 Å². The Morgan fingerprint density at radius 3 is 2.81 bits per heavy atom. The molecule has 1 saturated carbocycles. The summed E-state index contributed by atoms with van der Waals surface area (Å²) in [5.41, 5.74) is 2.92. The maximum Gasteiger partial charge on any atom is 0.145 e. The third-order valence-electron chi connectivity index (χ3n) is 4.46. The highest BCUT2D eigenvalue weighted by atomic mass is 16.1. The minimum absolute atomic E-state index is 0.416. The van der Waals surface area contributed by atoms with Crippen LogP contribution in [0.4, 0.5) is 0 Å². The number of carbonyl (C=O) groups is 1. The van der Waals surface area contributed by atoms with Gasteiger partial charge in [-0.2, -0.15) is 0 Å². The van der Waals surface area contributed by atoms with Gasteiger partial charge >= 0.3 is 0 Å². The predicted octanol–water partition coefficient (Wildman–Crippen LogP) is 3.90. The molecule has 88 valence electrons. The summed E-state index contributed by atoms with van der Waals surface area (Å²) in [6.07, 6.45) is 10.0. The molecule has 0 heterocycles. The molecule has 0 saturated heterocycles. The van der Waals surface area contributed by atoms with Gasteiger partial charge in [0.25, 0.3) is 0 Å². The van der Waals surface area contributed by atoms with E-state index in [0.29, 0.717) is 11.3 Å². The average molecular weight is 218 g/mol. The molecule has 0 aromatic rings. The van der Waals surface area contributed by atoms with E-state index in [0.717, 1.165) is 30.6 Å². The van der Waals surface area contributed by atoms with Crippen molar-refractivity contribution < 1.29 is 4.79 Å². The van der Waals surface area contributed by atoms with Crippen LogP contribution >= 0.6 is 0 Å². The molecule has 0 unspecified atom stereocenters. The molecular formula is C15H22O. The Hall–Kier alpha value is -0.850. The van der Waals surface area contributed by atoms with E-state index < -0.39 is 0 Å². The quantitative estimate of drug-likeness (QED) is 0.482. The highest BCUT2D eigenvalue weighted by Gasteiger charge is 2.55. The molecule has 0 aromatic heterocycles. The van der Waals surface area contributed by atoms with E-state index in [1.807, 2.05) is 0 Å². The fraction of sp³-hybridized carbons (Fsp3) is 0.667. The average Bonchev–Trinajstić information content (AvgIpc) is 2.76. The van der Waals surface area contributed by atoms with Crippen LogP contribution in [0.2, 0.25) is 0 Å². The Kier molecular flexibility index (Phi) is 3.05. The van der Waals surface area contributed by atoms with Gasteiger partial charge in [0.05, 0.1) is 0 Å². The van der Waals surface area contributed by atoms with Gasteiger partial charge in [-0.1, -0.05) is 31.6 Å². The molecule has 1 fully saturated rings. The summed E-state index contributed by atoms with van der Waals surface area (Å²) in [7, 11) is 0. The third kappa shape index (κ3) is 2.14. The molecule has 0 aliphatic heterocycles. The standard InChI is InChI=1S/C15H22O/c1-11-5-4-6-12(10-16)9-14-13(8-7-11)15(14,2)3/h5,9-10,13-14H,4,6-8H2,1-3H3/b11-5-,12-9+/t13-,14-/m1/s1. The number of carbonyl (C=O) groups excluding carboxylic acids is 1. The minimum atomic E-state index is 0.416. The lowest BCUT2D eigenvalue weighted by molar-refractivity contribution is -0.105. The van der Waals surface area contributed by atoms with Crippen molar-refractivity contribution in [1.29, 1.82) is 0 Å². The summed E-state index contributed by atoms with van der Waals surface area (Å²) in [6, 6.07) is 0. The molecule has 0 N–H and O–H groups in total. The van der Waals surface area contributed by atoms with Crippen molar-refractivity contribution in [3.63, 3.8) is 0 Å². The van der Waals surface area contributed by atoms with Crippen LogP contribution in [0.15, 0.2) is 23.3 Å². The third-order valence-corrected chi connectivity index (χ3v) is 4.46. The lowest BCUT2D eigenvalue weighted by atomic mass is 10.0. The molecule has 2 rings (SSSR count). The van der Waals surface area contributed by atoms with Gasteiger partial charge in [-0.3, -0.25) is 4.79 Å². The number of rotatable bonds is 1. The molecule has 1 heteroatoms. The second-order valence-corrected chi connectivity index (χ2v) is 5.94. The summed E-state index contributed by atoms with van der Waals surface area (Å²) in [6.45, 7) is 6.88. The highest BCUT2D eigenvalue weighted by Crippen LogP contribution is 2.61. The van der Waals surface area contributed by atoms with Gasteiger partial charge < -0.3 is 0 Å². The van der Waals surface area contributed by atoms with Crippen LogP contribution in [0, 0.1) is 17.3 Å². The summed E-state index contributed by atoms with van der Waals surface area (Å²) >= 11 is 0. The van der Waals surface area contributed by atoms with Gasteiger partial charge in [-0.25, -0.2) is 0 Å². The monoisotopic (exact) mass is 218 g/mol. The number of hydrogen-bond acceptors (Lipinski definition) is 1. The van der Waals surface area contributed by atoms with E-state index >= 15 is 0 Å². The number of aldehydes is 1. The van der Waals surface area contributed by atoms with Crippen molar-refractivity contribution in [2.24, 2.45) is 17.3 Å². The smallest absolute Gasteiger partial charge is 0.145 e. The first-order chi connectivity index (χ1) is 7.55. The van der Waals surface area contributed by atoms with Gasteiger partial charge in [0.15, 0.2) is 0 Å². The maximum atomic E-state index is 11.0. The lowest BCUT2D eigenvalue weighted by Crippen LogP contribution is -1.91. The minimum Gasteiger partial charge on any atom is -0.298 e. The SMILES string of the molecule is C/C1=C/CC/C(C=O)=C\[C@@H]2[C@@H](CC1)C2(C)C. The van der Waals surface area contributed by atoms with Gasteiger partial charge in [0.1, 0.15) is 6.29 Å². The molecule has 0 radical (unpaired) electrons. The van der Waals surface area contributed by atoms with E-state index in [1.54, 1.807) is 0 Å². The maximum absolute atomic E-state index is 11.0. The summed E-state index contributed by atoms with van der Waals surface area (Å²) in [4.78, 5) is 11.0. The van der Waals surface area contributed by atoms with Crippen molar-refractivity contribution in [2.45, 2.75) is 46.5 Å². The molecule has 0 aromatic carbocycles. The van der Waals surface area contributed by atoms with Crippen molar-refractivity contribution in [3.8, 4) is 0 Å². The molecule has 1 nitrogen and oxygen atoms in total. The van der Waals surface area contributed by atoms with E-state index in [4.69, 9.17) is 0 Å². The van der Waals surface area contributed by atoms with Crippen LogP contribution in [0.1, 0.15) is 46.5 Å². The first-order valence-electron chi connectivity index (χ1n) is 6.37. The predicted molar refractivity (Wildman–Crippen MR) is 67.1 cm³/mol. The fourth-order valence-electron chi connectivity index (χ4n) is 3.05. The largest absolute Gasteiger partial charge is 0.298 e. The Morgan fingerprint density at radius 1 is 1.38 bits per heavy atom. The van der Waals surface area contributed by atoms with Crippen LogP contribution in [0.3, 0.4) is 0 Å². The van der Waals surface area contributed by atoms with Crippen molar-refractivity contribution in [1.82, 2.24) is 0 Å². The normalized spacial score (nSPS) is 39.7. The molecule has 0 spiro atoms. The molecule has 0 amide bonds. The zero-order valence-electron chi connectivity index (χ0n) is 10.6. The lowest BCUT2D eigenvalue weighted by Gasteiger charge is -2.04. The van der Waals surface area contributed by atoms with Crippen LogP contribution in [-0.2, 0) is 4.79 Å². The van der Waals surface area contributed by atoms with Gasteiger partial charge in [0.2, 0.25) is 0 Å². The van der Waals surface area contributed by atoms with Crippen molar-refractivity contribution in [2.75, 3.05) is 0 Å². The number of hydrogen-bond donors (Lipinski definition) is 0. The van der Waals surface area contributed by atoms with Gasteiger partial charge in [-0.15, -0.1) is 0 Å². The highest BCUT2D eigenvalue weighted by molar-refractivity contribution is 5.73. The van der Waals surface area contributed by atoms with Crippen LogP contribution in [-0.4, -0.2) is 6.29 Å². The van der Waals surface area contributed by atoms with Crippen LogP contribution in [0.5, 0.6) is 0 Å². The van der Waals surface area contributed by atoms with E-state index in [2.05, 4.69) is 32.9 Å². The van der Waals surface area contributed by atoms with Gasteiger partial charge in [-0.05, 0) is 55.4 Å². The number of allylic oxidation sites excluding steroid dienone is 4. The van der Waals surface area contributed by atoms with Gasteiger partial charge in [0, 0.05) is 0 Å². The Labute approximate surface area is 98.6 Å². The first kappa shape index (κ1) is 11.6. The Balaban J connectivity index is 2.18. The van der Waals surface area contributed by atoms with E-state index in [9.17, 15) is 4.79 Å². The molecule has 16 heavy (non-hydrogen) atoms. The zero-order valence-corrected chi connectivity index (χ0v) is 10.6. The summed E-state index contributed by atoms with van der Waals surface area (Å²) in [5, 5.41) is 0. The second kappa shape index (κ2) is 4.20. The molecule has 2 aliphatic rings. The van der Waals surface area contributed by atoms with E-state index in [1.165, 1.54) is 18.4 Å². The first-order valence-corrected chi connectivity index (χ1v) is 6.37. The molecule has 0 bridgehead atoms. The summed E-state index contributed by atoms with van der Waals surface area (Å²) in [5.74, 6) is 1.42. The molecule has 2 aliphatic carbocycles. The van der Waals surface area contributed by atoms with Crippen molar-refractivity contribution in [3.05, 3.63) is 23.3 Å². The number of fused-ring (bicyclic) bond motifs is 1.